The van der Waals surface area contributed by atoms with E-state index in [4.69, 9.17) is 4.74 Å². The number of H-pyrrole nitrogens is 1. The number of ether oxygens (including phenoxy) is 1. The van der Waals surface area contributed by atoms with Crippen molar-refractivity contribution in [3.8, 4) is 5.75 Å². The number of methoxy groups -OCH3 is 1. The fraction of sp³-hybridized carbons (Fsp3) is 0.333. The minimum absolute atomic E-state index is 0.0820. The largest absolute Gasteiger partial charge is 0.497 e. The topological polar surface area (TPSA) is 65.6 Å². The Morgan fingerprint density at radius 3 is 2.67 bits per heavy atom. The van der Waals surface area contributed by atoms with E-state index < -0.39 is 17.3 Å². The SMILES string of the molecule is COc1ccc2[nH]c3c(c2c1)CCN1C(=O)CN(Cc2cccc(C(F)(F)F)c2)C(=O)C31C. The van der Waals surface area contributed by atoms with Crippen molar-refractivity contribution in [3.63, 3.8) is 0 Å². The lowest BCUT2D eigenvalue weighted by molar-refractivity contribution is -0.166. The Hall–Kier alpha value is -3.49. The van der Waals surface area contributed by atoms with Crippen molar-refractivity contribution in [1.82, 2.24) is 14.8 Å². The molecule has 5 rings (SSSR count). The van der Waals surface area contributed by atoms with Gasteiger partial charge in [0.2, 0.25) is 5.91 Å². The van der Waals surface area contributed by atoms with Gasteiger partial charge in [-0.2, -0.15) is 13.2 Å². The van der Waals surface area contributed by atoms with Gasteiger partial charge in [0.05, 0.1) is 18.4 Å². The van der Waals surface area contributed by atoms with E-state index >= 15 is 0 Å². The first kappa shape index (κ1) is 21.4. The van der Waals surface area contributed by atoms with Gasteiger partial charge in [-0.1, -0.05) is 12.1 Å². The monoisotopic (exact) mass is 457 g/mol. The number of alkyl halides is 3. The van der Waals surface area contributed by atoms with Crippen LogP contribution in [0.2, 0.25) is 0 Å². The van der Waals surface area contributed by atoms with Crippen molar-refractivity contribution in [1.29, 1.82) is 0 Å². The van der Waals surface area contributed by atoms with Crippen molar-refractivity contribution in [2.24, 2.45) is 0 Å². The van der Waals surface area contributed by atoms with Crippen LogP contribution in [0, 0.1) is 0 Å². The molecule has 33 heavy (non-hydrogen) atoms. The van der Waals surface area contributed by atoms with Gasteiger partial charge in [0.1, 0.15) is 12.3 Å². The zero-order valence-electron chi connectivity index (χ0n) is 18.1. The van der Waals surface area contributed by atoms with E-state index in [9.17, 15) is 22.8 Å². The summed E-state index contributed by atoms with van der Waals surface area (Å²) in [5, 5.41) is 0.931. The second-order valence-corrected chi connectivity index (χ2v) is 8.62. The first-order chi connectivity index (χ1) is 15.6. The smallest absolute Gasteiger partial charge is 0.416 e. The Morgan fingerprint density at radius 2 is 1.94 bits per heavy atom. The second kappa shape index (κ2) is 7.26. The molecule has 3 heterocycles. The molecule has 1 atom stereocenters. The summed E-state index contributed by atoms with van der Waals surface area (Å²) in [6.07, 6.45) is -3.89. The molecule has 1 saturated heterocycles. The van der Waals surface area contributed by atoms with Crippen LogP contribution >= 0.6 is 0 Å². The molecule has 0 spiro atoms. The number of rotatable bonds is 3. The summed E-state index contributed by atoms with van der Waals surface area (Å²) in [4.78, 5) is 33.0. The molecule has 2 aliphatic heterocycles. The molecule has 2 amide bonds. The minimum atomic E-state index is -4.48. The number of nitrogens with zero attached hydrogens (tertiary/aromatic N) is 2. The van der Waals surface area contributed by atoms with Crippen molar-refractivity contribution in [3.05, 3.63) is 64.8 Å². The Balaban J connectivity index is 1.55. The van der Waals surface area contributed by atoms with Crippen LogP contribution in [0.3, 0.4) is 0 Å². The third kappa shape index (κ3) is 3.25. The molecule has 1 aromatic heterocycles. The number of hydrogen-bond donors (Lipinski definition) is 1. The lowest BCUT2D eigenvalue weighted by atomic mass is 9.83. The minimum Gasteiger partial charge on any atom is -0.497 e. The predicted octanol–water partition coefficient (Wildman–Crippen LogP) is 3.84. The molecule has 0 saturated carbocycles. The van der Waals surface area contributed by atoms with Crippen LogP contribution in [-0.2, 0) is 34.3 Å². The summed E-state index contributed by atoms with van der Waals surface area (Å²) in [5.74, 6) is 0.138. The maximum atomic E-state index is 13.7. The molecule has 2 aliphatic rings. The zero-order valence-corrected chi connectivity index (χ0v) is 18.1. The lowest BCUT2D eigenvalue weighted by Gasteiger charge is -2.49. The van der Waals surface area contributed by atoms with Gasteiger partial charge < -0.3 is 19.5 Å². The van der Waals surface area contributed by atoms with E-state index in [1.54, 1.807) is 18.9 Å². The summed E-state index contributed by atoms with van der Waals surface area (Å²) in [6.45, 7) is 1.83. The molecule has 0 bridgehead atoms. The number of nitrogens with one attached hydrogen (secondary N) is 1. The second-order valence-electron chi connectivity index (χ2n) is 8.62. The van der Waals surface area contributed by atoms with E-state index in [1.807, 2.05) is 18.2 Å². The summed E-state index contributed by atoms with van der Waals surface area (Å²) in [7, 11) is 1.58. The maximum absolute atomic E-state index is 13.7. The van der Waals surface area contributed by atoms with Crippen LogP contribution in [0.1, 0.15) is 29.3 Å². The quantitative estimate of drug-likeness (QED) is 0.650. The third-order valence-corrected chi connectivity index (χ3v) is 6.68. The molecule has 1 N–H and O–H groups in total. The highest BCUT2D eigenvalue weighted by atomic mass is 19.4. The first-order valence-corrected chi connectivity index (χ1v) is 10.6. The van der Waals surface area contributed by atoms with Crippen molar-refractivity contribution in [2.45, 2.75) is 31.6 Å². The van der Waals surface area contributed by atoms with Crippen LogP contribution in [0.5, 0.6) is 5.75 Å². The molecule has 2 aromatic carbocycles. The van der Waals surface area contributed by atoms with E-state index in [-0.39, 0.29) is 24.9 Å². The summed E-state index contributed by atoms with van der Waals surface area (Å²) >= 11 is 0. The number of halogens is 3. The maximum Gasteiger partial charge on any atom is 0.416 e. The highest BCUT2D eigenvalue weighted by molar-refractivity contribution is 6.00. The Kier molecular flexibility index (Phi) is 4.70. The number of amides is 2. The van der Waals surface area contributed by atoms with E-state index in [0.29, 0.717) is 30.0 Å². The van der Waals surface area contributed by atoms with Crippen molar-refractivity contribution in [2.75, 3.05) is 20.2 Å². The number of aromatic nitrogens is 1. The number of piperazine rings is 1. The lowest BCUT2D eigenvalue weighted by Crippen LogP contribution is -2.66. The van der Waals surface area contributed by atoms with Gasteiger partial charge in [-0.15, -0.1) is 0 Å². The van der Waals surface area contributed by atoms with Crippen molar-refractivity contribution >= 4 is 22.7 Å². The molecule has 0 aliphatic carbocycles. The van der Waals surface area contributed by atoms with E-state index in [1.165, 1.54) is 17.0 Å². The molecule has 1 fully saturated rings. The highest BCUT2D eigenvalue weighted by Crippen LogP contribution is 2.43. The third-order valence-electron chi connectivity index (χ3n) is 6.68. The number of benzene rings is 2. The number of carbonyl (C=O) groups excluding carboxylic acids is 2. The van der Waals surface area contributed by atoms with E-state index in [0.717, 1.165) is 28.6 Å². The van der Waals surface area contributed by atoms with Crippen LogP contribution < -0.4 is 4.74 Å². The van der Waals surface area contributed by atoms with Crippen LogP contribution in [0.15, 0.2) is 42.5 Å². The van der Waals surface area contributed by atoms with Gasteiger partial charge in [-0.3, -0.25) is 9.59 Å². The van der Waals surface area contributed by atoms with Crippen LogP contribution in [0.25, 0.3) is 10.9 Å². The molecule has 0 radical (unpaired) electrons. The van der Waals surface area contributed by atoms with Gasteiger partial charge in [0.25, 0.3) is 5.91 Å². The average Bonchev–Trinajstić information content (AvgIpc) is 3.16. The van der Waals surface area contributed by atoms with Crippen LogP contribution in [0.4, 0.5) is 13.2 Å². The molecule has 6 nitrogen and oxygen atoms in total. The van der Waals surface area contributed by atoms with Gasteiger partial charge >= 0.3 is 6.18 Å². The van der Waals surface area contributed by atoms with Gasteiger partial charge in [-0.25, -0.2) is 0 Å². The fourth-order valence-corrected chi connectivity index (χ4v) is 5.03. The molecular formula is C24H22F3N3O3. The molecular weight excluding hydrogens is 435 g/mol. The Morgan fingerprint density at radius 1 is 1.15 bits per heavy atom. The Bertz CT molecular complexity index is 1280. The van der Waals surface area contributed by atoms with Gasteiger partial charge in [0, 0.05) is 24.0 Å². The normalized spacial score (nSPS) is 20.8. The summed E-state index contributed by atoms with van der Waals surface area (Å²) in [5.41, 5.74) is 0.693. The Labute approximate surface area is 187 Å². The fourth-order valence-electron chi connectivity index (χ4n) is 5.03. The summed E-state index contributed by atoms with van der Waals surface area (Å²) in [6, 6.07) is 10.4. The zero-order chi connectivity index (χ0) is 23.5. The summed E-state index contributed by atoms with van der Waals surface area (Å²) < 4.78 is 44.7. The van der Waals surface area contributed by atoms with Crippen LogP contribution in [-0.4, -0.2) is 46.8 Å². The number of aromatic amines is 1. The molecule has 172 valence electrons. The number of hydrogen-bond acceptors (Lipinski definition) is 3. The number of carbonyl (C=O) groups is 2. The first-order valence-electron chi connectivity index (χ1n) is 10.6. The predicted molar refractivity (Wildman–Crippen MR) is 114 cm³/mol. The molecule has 3 aromatic rings. The van der Waals surface area contributed by atoms with Gasteiger partial charge in [0.15, 0.2) is 5.54 Å². The van der Waals surface area contributed by atoms with E-state index in [2.05, 4.69) is 4.98 Å². The van der Waals surface area contributed by atoms with Gasteiger partial charge in [-0.05, 0) is 54.8 Å². The highest BCUT2D eigenvalue weighted by Gasteiger charge is 2.54. The average molecular weight is 457 g/mol. The molecule has 9 heteroatoms. The number of fused-ring (bicyclic) bond motifs is 5. The van der Waals surface area contributed by atoms with Crippen molar-refractivity contribution < 1.29 is 27.5 Å². The molecule has 1 unspecified atom stereocenters. The standard InChI is InChI=1S/C24H22F3N3O3/c1-23-21-17(18-11-16(33-2)6-7-19(18)28-21)8-9-30(23)20(31)13-29(22(23)32)12-14-4-3-5-15(10-14)24(25,26)27/h3-7,10-11,28H,8-9,12-13H2,1-2H3.